The fraction of sp³-hybridized carbons (Fsp3) is 0.143. The highest BCUT2D eigenvalue weighted by molar-refractivity contribution is 7.16. The van der Waals surface area contributed by atoms with Crippen molar-refractivity contribution >= 4 is 39.8 Å². The lowest BCUT2D eigenvalue weighted by Crippen LogP contribution is -2.17. The van der Waals surface area contributed by atoms with Crippen LogP contribution in [0.25, 0.3) is 0 Å². The van der Waals surface area contributed by atoms with Gasteiger partial charge < -0.3 is 11.1 Å². The third kappa shape index (κ3) is 3.59. The van der Waals surface area contributed by atoms with Crippen molar-refractivity contribution in [3.63, 3.8) is 0 Å². The molecule has 0 fully saturated rings. The molecule has 1 heterocycles. The molecular weight excluding hydrogens is 296 g/mol. The molecule has 0 aliphatic heterocycles. The maximum absolute atomic E-state index is 12.0. The van der Waals surface area contributed by atoms with Gasteiger partial charge in [0.1, 0.15) is 5.00 Å². The molecule has 0 saturated carbocycles. The number of hydrogen-bond acceptors (Lipinski definition) is 3. The van der Waals surface area contributed by atoms with Crippen molar-refractivity contribution in [1.29, 1.82) is 0 Å². The Morgan fingerprint density at radius 3 is 2.55 bits per heavy atom. The van der Waals surface area contributed by atoms with Crippen molar-refractivity contribution in [2.24, 2.45) is 5.73 Å². The maximum atomic E-state index is 12.0. The molecule has 1 aromatic carbocycles. The summed E-state index contributed by atoms with van der Waals surface area (Å²) in [5.41, 5.74) is 6.47. The largest absolute Gasteiger partial charge is 0.366 e. The summed E-state index contributed by atoms with van der Waals surface area (Å²) in [6.07, 6.45) is 0.215. The average Bonchev–Trinajstić information content (AvgIpc) is 2.73. The van der Waals surface area contributed by atoms with Crippen molar-refractivity contribution < 1.29 is 9.59 Å². The van der Waals surface area contributed by atoms with Crippen LogP contribution in [0.15, 0.2) is 30.3 Å². The van der Waals surface area contributed by atoms with E-state index in [1.54, 1.807) is 30.3 Å². The fourth-order valence-electron chi connectivity index (χ4n) is 1.75. The zero-order valence-corrected chi connectivity index (χ0v) is 12.3. The number of nitrogens with one attached hydrogen (secondary N) is 1. The van der Waals surface area contributed by atoms with Gasteiger partial charge in [0.2, 0.25) is 5.91 Å². The summed E-state index contributed by atoms with van der Waals surface area (Å²) < 4.78 is 0. The highest BCUT2D eigenvalue weighted by atomic mass is 35.5. The Kier molecular flexibility index (Phi) is 4.42. The van der Waals surface area contributed by atoms with Crippen LogP contribution in [0.2, 0.25) is 5.02 Å². The first-order valence-electron chi connectivity index (χ1n) is 5.90. The van der Waals surface area contributed by atoms with E-state index in [-0.39, 0.29) is 12.3 Å². The van der Waals surface area contributed by atoms with Crippen LogP contribution < -0.4 is 11.1 Å². The third-order valence-electron chi connectivity index (χ3n) is 2.65. The number of primary amides is 1. The molecule has 0 radical (unpaired) electrons. The number of rotatable bonds is 4. The quantitative estimate of drug-likeness (QED) is 0.911. The Morgan fingerprint density at radius 1 is 1.30 bits per heavy atom. The number of aryl methyl sites for hydroxylation is 1. The molecule has 0 saturated heterocycles. The molecule has 0 spiro atoms. The van der Waals surface area contributed by atoms with Crippen LogP contribution >= 0.6 is 22.9 Å². The summed E-state index contributed by atoms with van der Waals surface area (Å²) >= 11 is 7.12. The van der Waals surface area contributed by atoms with Crippen LogP contribution in [0, 0.1) is 6.92 Å². The molecule has 104 valence electrons. The highest BCUT2D eigenvalue weighted by Gasteiger charge is 2.14. The number of amides is 2. The summed E-state index contributed by atoms with van der Waals surface area (Å²) in [6.45, 7) is 1.85. The first-order chi connectivity index (χ1) is 9.45. The summed E-state index contributed by atoms with van der Waals surface area (Å²) in [5, 5.41) is 3.84. The molecule has 2 aromatic rings. The third-order valence-corrected chi connectivity index (χ3v) is 3.87. The molecule has 0 atom stereocenters. The fourth-order valence-corrected chi connectivity index (χ4v) is 2.81. The van der Waals surface area contributed by atoms with Crippen LogP contribution in [-0.2, 0) is 11.2 Å². The van der Waals surface area contributed by atoms with E-state index in [4.69, 9.17) is 17.3 Å². The van der Waals surface area contributed by atoms with Crippen LogP contribution in [-0.4, -0.2) is 11.8 Å². The van der Waals surface area contributed by atoms with E-state index in [9.17, 15) is 9.59 Å². The van der Waals surface area contributed by atoms with E-state index < -0.39 is 5.91 Å². The minimum atomic E-state index is -0.545. The van der Waals surface area contributed by atoms with Crippen molar-refractivity contribution in [3.05, 3.63) is 51.4 Å². The summed E-state index contributed by atoms with van der Waals surface area (Å²) in [5.74, 6) is -0.743. The first kappa shape index (κ1) is 14.6. The second-order valence-corrected chi connectivity index (χ2v) is 6.01. The summed E-state index contributed by atoms with van der Waals surface area (Å²) in [4.78, 5) is 24.2. The van der Waals surface area contributed by atoms with E-state index in [2.05, 4.69) is 5.32 Å². The van der Waals surface area contributed by atoms with Crippen molar-refractivity contribution in [2.75, 3.05) is 5.32 Å². The van der Waals surface area contributed by atoms with Gasteiger partial charge >= 0.3 is 0 Å². The Bertz CT molecular complexity index is 650. The smallest absolute Gasteiger partial charge is 0.251 e. The zero-order valence-electron chi connectivity index (χ0n) is 10.8. The van der Waals surface area contributed by atoms with Gasteiger partial charge in [0.15, 0.2) is 0 Å². The van der Waals surface area contributed by atoms with Gasteiger partial charge in [-0.2, -0.15) is 0 Å². The number of carbonyl (C=O) groups excluding carboxylic acids is 2. The number of carbonyl (C=O) groups is 2. The molecule has 0 bridgehead atoms. The van der Waals surface area contributed by atoms with Gasteiger partial charge in [-0.15, -0.1) is 11.3 Å². The number of anilines is 1. The van der Waals surface area contributed by atoms with Crippen molar-refractivity contribution in [3.8, 4) is 0 Å². The zero-order chi connectivity index (χ0) is 14.7. The molecule has 3 N–H and O–H groups in total. The molecule has 0 unspecified atom stereocenters. The van der Waals surface area contributed by atoms with E-state index in [1.165, 1.54) is 11.3 Å². The molecule has 20 heavy (non-hydrogen) atoms. The lowest BCUT2D eigenvalue weighted by molar-refractivity contribution is -0.115. The summed E-state index contributed by atoms with van der Waals surface area (Å²) in [6, 6.07) is 8.71. The number of halogens is 1. The van der Waals surface area contributed by atoms with Gasteiger partial charge in [-0.1, -0.05) is 23.7 Å². The molecule has 1 aromatic heterocycles. The topological polar surface area (TPSA) is 72.2 Å². The molecule has 2 rings (SSSR count). The monoisotopic (exact) mass is 308 g/mol. The number of benzene rings is 1. The minimum Gasteiger partial charge on any atom is -0.366 e. The first-order valence-corrected chi connectivity index (χ1v) is 7.09. The van der Waals surface area contributed by atoms with E-state index >= 15 is 0 Å². The van der Waals surface area contributed by atoms with Gasteiger partial charge in [-0.3, -0.25) is 9.59 Å². The standard InChI is InChI=1S/C14H13ClN2O2S/c1-8-6-11(13(16)19)14(20-8)17-12(18)7-9-2-4-10(15)5-3-9/h2-6H,7H2,1H3,(H2,16,19)(H,17,18). The second-order valence-electron chi connectivity index (χ2n) is 4.32. The number of thiophene rings is 1. The normalized spacial score (nSPS) is 10.3. The Balaban J connectivity index is 2.08. The minimum absolute atomic E-state index is 0.198. The molecule has 0 aliphatic rings. The van der Waals surface area contributed by atoms with Crippen LogP contribution in [0.4, 0.5) is 5.00 Å². The van der Waals surface area contributed by atoms with Gasteiger partial charge in [0.05, 0.1) is 12.0 Å². The van der Waals surface area contributed by atoms with Gasteiger partial charge in [-0.05, 0) is 30.7 Å². The highest BCUT2D eigenvalue weighted by Crippen LogP contribution is 2.27. The van der Waals surface area contributed by atoms with Gasteiger partial charge in [0.25, 0.3) is 5.91 Å². The van der Waals surface area contributed by atoms with Gasteiger partial charge in [0, 0.05) is 9.90 Å². The van der Waals surface area contributed by atoms with Crippen LogP contribution in [0.5, 0.6) is 0 Å². The predicted molar refractivity (Wildman–Crippen MR) is 81.4 cm³/mol. The van der Waals surface area contributed by atoms with Crippen LogP contribution in [0.3, 0.4) is 0 Å². The predicted octanol–water partition coefficient (Wildman–Crippen LogP) is 2.99. The number of nitrogens with two attached hydrogens (primary N) is 1. The Morgan fingerprint density at radius 2 is 1.95 bits per heavy atom. The molecule has 0 aliphatic carbocycles. The van der Waals surface area contributed by atoms with E-state index in [0.29, 0.717) is 15.6 Å². The molecular formula is C14H13ClN2O2S. The Labute approximate surface area is 125 Å². The number of hydrogen-bond donors (Lipinski definition) is 2. The SMILES string of the molecule is Cc1cc(C(N)=O)c(NC(=O)Cc2ccc(Cl)cc2)s1. The lowest BCUT2D eigenvalue weighted by atomic mass is 10.1. The molecule has 2 amide bonds. The van der Waals surface area contributed by atoms with Crippen molar-refractivity contribution in [1.82, 2.24) is 0 Å². The summed E-state index contributed by atoms with van der Waals surface area (Å²) in [7, 11) is 0. The molecule has 4 nitrogen and oxygen atoms in total. The van der Waals surface area contributed by atoms with E-state index in [1.807, 2.05) is 6.92 Å². The molecule has 6 heteroatoms. The van der Waals surface area contributed by atoms with Crippen molar-refractivity contribution in [2.45, 2.75) is 13.3 Å². The van der Waals surface area contributed by atoms with Gasteiger partial charge in [-0.25, -0.2) is 0 Å². The Hall–Kier alpha value is -1.85. The maximum Gasteiger partial charge on any atom is 0.251 e. The van der Waals surface area contributed by atoms with E-state index in [0.717, 1.165) is 10.4 Å². The average molecular weight is 309 g/mol. The van der Waals surface area contributed by atoms with Crippen LogP contribution in [0.1, 0.15) is 20.8 Å². The lowest BCUT2D eigenvalue weighted by Gasteiger charge is -2.05. The second kappa shape index (κ2) is 6.07.